The maximum atomic E-state index is 13.2. The Bertz CT molecular complexity index is 745. The second-order valence-corrected chi connectivity index (χ2v) is 5.98. The van der Waals surface area contributed by atoms with Gasteiger partial charge in [-0.15, -0.1) is 11.3 Å². The van der Waals surface area contributed by atoms with E-state index in [0.717, 1.165) is 6.07 Å². The van der Waals surface area contributed by atoms with Crippen LogP contribution in [0.2, 0.25) is 0 Å². The van der Waals surface area contributed by atoms with Crippen LogP contribution in [0.15, 0.2) is 35.7 Å². The molecule has 2 amide bonds. The Hall–Kier alpha value is -2.42. The molecular weight excluding hydrogens is 360 g/mol. The first-order valence-electron chi connectivity index (χ1n) is 7.25. The third-order valence-electron chi connectivity index (χ3n) is 3.20. The van der Waals surface area contributed by atoms with Crippen LogP contribution in [0.5, 0.6) is 0 Å². The van der Waals surface area contributed by atoms with Crippen molar-refractivity contribution < 1.29 is 27.2 Å². The molecule has 0 fully saturated rings. The van der Waals surface area contributed by atoms with Gasteiger partial charge in [0, 0.05) is 18.7 Å². The van der Waals surface area contributed by atoms with Crippen LogP contribution in [0.1, 0.15) is 32.0 Å². The van der Waals surface area contributed by atoms with Crippen LogP contribution in [-0.2, 0) is 6.18 Å². The summed E-state index contributed by atoms with van der Waals surface area (Å²) in [6.45, 7) is 0.455. The molecule has 9 heteroatoms. The second kappa shape index (κ2) is 8.11. The smallest absolute Gasteiger partial charge is 0.352 e. The Kier molecular flexibility index (Phi) is 6.13. The molecule has 0 spiro atoms. The number of alkyl halides is 3. The molecule has 0 radical (unpaired) electrons. The van der Waals surface area contributed by atoms with E-state index in [9.17, 15) is 27.2 Å². The minimum Gasteiger partial charge on any atom is -0.352 e. The van der Waals surface area contributed by atoms with Crippen LogP contribution >= 0.6 is 11.3 Å². The van der Waals surface area contributed by atoms with Crippen molar-refractivity contribution in [3.63, 3.8) is 0 Å². The summed E-state index contributed by atoms with van der Waals surface area (Å²) in [4.78, 5) is 24.1. The maximum Gasteiger partial charge on any atom is 0.419 e. The fourth-order valence-electron chi connectivity index (χ4n) is 1.97. The molecule has 0 saturated heterocycles. The summed E-state index contributed by atoms with van der Waals surface area (Å²) in [6, 6.07) is 5.49. The molecule has 1 aromatic carbocycles. The zero-order valence-electron chi connectivity index (χ0n) is 12.8. The predicted molar refractivity (Wildman–Crippen MR) is 85.0 cm³/mol. The van der Waals surface area contributed by atoms with E-state index in [1.165, 1.54) is 11.3 Å². The van der Waals surface area contributed by atoms with E-state index >= 15 is 0 Å². The standard InChI is InChI=1S/C16H14F4N2O2S/c17-12-5-4-10(9-11(12)16(18,19)20)14(23)21-6-2-7-22-15(24)13-3-1-8-25-13/h1,3-5,8-9H,2,6-7H2,(H,21,23)(H,22,24). The van der Waals surface area contributed by atoms with Gasteiger partial charge in [-0.05, 0) is 36.1 Å². The van der Waals surface area contributed by atoms with Crippen molar-refractivity contribution in [3.05, 3.63) is 57.5 Å². The quantitative estimate of drug-likeness (QED) is 0.601. The first-order chi connectivity index (χ1) is 11.8. The molecule has 0 aliphatic rings. The number of rotatable bonds is 6. The van der Waals surface area contributed by atoms with Crippen molar-refractivity contribution in [2.24, 2.45) is 0 Å². The molecule has 0 atom stereocenters. The van der Waals surface area contributed by atoms with Crippen LogP contribution in [0, 0.1) is 5.82 Å². The average Bonchev–Trinajstić information content (AvgIpc) is 3.08. The number of hydrogen-bond acceptors (Lipinski definition) is 3. The number of nitrogens with one attached hydrogen (secondary N) is 2. The van der Waals surface area contributed by atoms with Crippen LogP contribution in [0.4, 0.5) is 17.6 Å². The molecular formula is C16H14F4N2O2S. The number of hydrogen-bond donors (Lipinski definition) is 2. The van der Waals surface area contributed by atoms with Gasteiger partial charge in [0.05, 0.1) is 10.4 Å². The molecule has 0 bridgehead atoms. The summed E-state index contributed by atoms with van der Waals surface area (Å²) in [6.07, 6.45) is -4.47. The van der Waals surface area contributed by atoms with Crippen molar-refractivity contribution in [1.29, 1.82) is 0 Å². The number of carbonyl (C=O) groups is 2. The topological polar surface area (TPSA) is 58.2 Å². The van der Waals surface area contributed by atoms with Gasteiger partial charge in [0.2, 0.25) is 0 Å². The number of amides is 2. The largest absolute Gasteiger partial charge is 0.419 e. The average molecular weight is 374 g/mol. The normalized spacial score (nSPS) is 11.2. The van der Waals surface area contributed by atoms with E-state index in [-0.39, 0.29) is 18.0 Å². The zero-order chi connectivity index (χ0) is 18.4. The summed E-state index contributed by atoms with van der Waals surface area (Å²) in [5.74, 6) is -2.40. The van der Waals surface area contributed by atoms with Gasteiger partial charge in [0.25, 0.3) is 11.8 Å². The van der Waals surface area contributed by atoms with Crippen LogP contribution in [0.3, 0.4) is 0 Å². The molecule has 25 heavy (non-hydrogen) atoms. The fourth-order valence-corrected chi connectivity index (χ4v) is 2.61. The third-order valence-corrected chi connectivity index (χ3v) is 4.07. The molecule has 0 saturated carbocycles. The first-order valence-corrected chi connectivity index (χ1v) is 8.13. The summed E-state index contributed by atoms with van der Waals surface area (Å²) < 4.78 is 51.1. The monoisotopic (exact) mass is 374 g/mol. The van der Waals surface area contributed by atoms with Crippen LogP contribution in [-0.4, -0.2) is 24.9 Å². The van der Waals surface area contributed by atoms with Gasteiger partial charge in [-0.2, -0.15) is 13.2 Å². The number of thiophene rings is 1. The zero-order valence-corrected chi connectivity index (χ0v) is 13.6. The van der Waals surface area contributed by atoms with Gasteiger partial charge in [-0.25, -0.2) is 4.39 Å². The first kappa shape index (κ1) is 18.9. The highest BCUT2D eigenvalue weighted by molar-refractivity contribution is 7.12. The second-order valence-electron chi connectivity index (χ2n) is 5.04. The number of halogens is 4. The lowest BCUT2D eigenvalue weighted by Gasteiger charge is -2.10. The lowest BCUT2D eigenvalue weighted by Crippen LogP contribution is -2.29. The maximum absolute atomic E-state index is 13.2. The molecule has 1 aromatic heterocycles. The number of carbonyl (C=O) groups excluding carboxylic acids is 2. The SMILES string of the molecule is O=C(NCCCNC(=O)c1cccs1)c1ccc(F)c(C(F)(F)F)c1. The molecule has 134 valence electrons. The van der Waals surface area contributed by atoms with Crippen molar-refractivity contribution >= 4 is 23.2 Å². The highest BCUT2D eigenvalue weighted by atomic mass is 32.1. The molecule has 0 aliphatic heterocycles. The van der Waals surface area contributed by atoms with E-state index in [0.29, 0.717) is 30.0 Å². The molecule has 2 aromatic rings. The van der Waals surface area contributed by atoms with Crippen molar-refractivity contribution in [3.8, 4) is 0 Å². The highest BCUT2D eigenvalue weighted by Crippen LogP contribution is 2.31. The van der Waals surface area contributed by atoms with Gasteiger partial charge < -0.3 is 10.6 Å². The fraction of sp³-hybridized carbons (Fsp3) is 0.250. The highest BCUT2D eigenvalue weighted by Gasteiger charge is 2.34. The van der Waals surface area contributed by atoms with E-state index in [1.54, 1.807) is 17.5 Å². The molecule has 4 nitrogen and oxygen atoms in total. The Morgan fingerprint density at radius 2 is 1.72 bits per heavy atom. The Morgan fingerprint density at radius 3 is 2.32 bits per heavy atom. The summed E-state index contributed by atoms with van der Waals surface area (Å²) in [5, 5.41) is 6.86. The van der Waals surface area contributed by atoms with E-state index in [1.807, 2.05) is 0 Å². The molecule has 2 rings (SSSR count). The van der Waals surface area contributed by atoms with Crippen LogP contribution < -0.4 is 10.6 Å². The van der Waals surface area contributed by atoms with E-state index < -0.39 is 23.5 Å². The Morgan fingerprint density at radius 1 is 1.04 bits per heavy atom. The van der Waals surface area contributed by atoms with Gasteiger partial charge in [0.1, 0.15) is 5.82 Å². The van der Waals surface area contributed by atoms with Gasteiger partial charge in [0.15, 0.2) is 0 Å². The molecule has 2 N–H and O–H groups in total. The number of benzene rings is 1. The van der Waals surface area contributed by atoms with Gasteiger partial charge in [-0.3, -0.25) is 9.59 Å². The predicted octanol–water partition coefficient (Wildman–Crippen LogP) is 3.46. The third kappa shape index (κ3) is 5.28. The lowest BCUT2D eigenvalue weighted by molar-refractivity contribution is -0.140. The van der Waals surface area contributed by atoms with Crippen molar-refractivity contribution in [2.75, 3.05) is 13.1 Å². The van der Waals surface area contributed by atoms with Crippen molar-refractivity contribution in [2.45, 2.75) is 12.6 Å². The minimum absolute atomic E-state index is 0.155. The van der Waals surface area contributed by atoms with E-state index in [2.05, 4.69) is 10.6 Å². The van der Waals surface area contributed by atoms with Gasteiger partial charge in [-0.1, -0.05) is 6.07 Å². The lowest BCUT2D eigenvalue weighted by atomic mass is 10.1. The Labute approximate surface area is 144 Å². The van der Waals surface area contributed by atoms with Crippen LogP contribution in [0.25, 0.3) is 0 Å². The summed E-state index contributed by atoms with van der Waals surface area (Å²) >= 11 is 1.30. The Balaban J connectivity index is 1.80. The molecule has 0 aliphatic carbocycles. The van der Waals surface area contributed by atoms with Crippen molar-refractivity contribution in [1.82, 2.24) is 10.6 Å². The molecule has 1 heterocycles. The van der Waals surface area contributed by atoms with Gasteiger partial charge >= 0.3 is 6.18 Å². The van der Waals surface area contributed by atoms with E-state index in [4.69, 9.17) is 0 Å². The summed E-state index contributed by atoms with van der Waals surface area (Å²) in [7, 11) is 0. The minimum atomic E-state index is -4.87. The summed E-state index contributed by atoms with van der Waals surface area (Å²) in [5.41, 5.74) is -1.76. The molecule has 0 unspecified atom stereocenters.